The van der Waals surface area contributed by atoms with Gasteiger partial charge >= 0.3 is 5.97 Å². The number of aromatic nitrogens is 2. The molecule has 0 aliphatic rings. The van der Waals surface area contributed by atoms with Crippen LogP contribution in [-0.4, -0.2) is 20.5 Å². The van der Waals surface area contributed by atoms with E-state index in [0.717, 1.165) is 5.56 Å². The molecule has 0 aliphatic heterocycles. The lowest BCUT2D eigenvalue weighted by molar-refractivity contribution is 0.0696. The molecule has 2 heterocycles. The summed E-state index contributed by atoms with van der Waals surface area (Å²) < 4.78 is 1.26. The molecular weight excluding hydrogens is 244 g/mol. The van der Waals surface area contributed by atoms with Crippen molar-refractivity contribution < 1.29 is 9.90 Å². The van der Waals surface area contributed by atoms with Crippen LogP contribution in [0.5, 0.6) is 0 Å². The minimum atomic E-state index is -1.07. The molecule has 19 heavy (non-hydrogen) atoms. The van der Waals surface area contributed by atoms with Crippen LogP contribution in [0, 0.1) is 6.92 Å². The highest BCUT2D eigenvalue weighted by molar-refractivity contribution is 5.88. The number of pyridine rings is 1. The molecule has 0 spiro atoms. The van der Waals surface area contributed by atoms with E-state index < -0.39 is 5.97 Å². The Morgan fingerprint density at radius 2 is 2.05 bits per heavy atom. The first-order valence-electron chi connectivity index (χ1n) is 5.72. The van der Waals surface area contributed by atoms with Crippen molar-refractivity contribution in [2.75, 3.05) is 0 Å². The van der Waals surface area contributed by atoms with Crippen LogP contribution in [0.3, 0.4) is 0 Å². The molecule has 0 bridgehead atoms. The average Bonchev–Trinajstić information content (AvgIpc) is 2.38. The third-order valence-corrected chi connectivity index (χ3v) is 3.01. The molecule has 0 aliphatic carbocycles. The van der Waals surface area contributed by atoms with Crippen molar-refractivity contribution in [1.29, 1.82) is 0 Å². The summed E-state index contributed by atoms with van der Waals surface area (Å²) in [5.41, 5.74) is 1.87. The standard InChI is InChI=1S/C14H10N2O3/c1-8-2-4-10-11(6-8)15-12-5-3-9(14(18)19)7-16(12)13(10)17/h2-7H,1H3,(H,18,19). The van der Waals surface area contributed by atoms with Crippen molar-refractivity contribution in [3.8, 4) is 0 Å². The van der Waals surface area contributed by atoms with E-state index in [0.29, 0.717) is 16.6 Å². The molecule has 3 aromatic rings. The number of aryl methyl sites for hydroxylation is 1. The zero-order valence-electron chi connectivity index (χ0n) is 10.1. The van der Waals surface area contributed by atoms with Crippen LogP contribution < -0.4 is 5.56 Å². The number of carbonyl (C=O) groups is 1. The molecule has 0 amide bonds. The lowest BCUT2D eigenvalue weighted by atomic mass is 10.1. The Labute approximate surface area is 107 Å². The molecule has 2 aromatic heterocycles. The van der Waals surface area contributed by atoms with Crippen molar-refractivity contribution >= 4 is 22.5 Å². The second-order valence-corrected chi connectivity index (χ2v) is 4.39. The highest BCUT2D eigenvalue weighted by Crippen LogP contribution is 2.12. The number of aromatic carboxylic acids is 1. The number of hydrogen-bond acceptors (Lipinski definition) is 3. The van der Waals surface area contributed by atoms with Crippen molar-refractivity contribution in [2.24, 2.45) is 0 Å². The van der Waals surface area contributed by atoms with Crippen LogP contribution in [0.25, 0.3) is 16.6 Å². The maximum Gasteiger partial charge on any atom is 0.337 e. The van der Waals surface area contributed by atoms with Crippen LogP contribution >= 0.6 is 0 Å². The molecular formula is C14H10N2O3. The lowest BCUT2D eigenvalue weighted by Crippen LogP contribution is -2.16. The van der Waals surface area contributed by atoms with Gasteiger partial charge in [-0.15, -0.1) is 0 Å². The van der Waals surface area contributed by atoms with E-state index in [-0.39, 0.29) is 11.1 Å². The van der Waals surface area contributed by atoms with Crippen molar-refractivity contribution in [2.45, 2.75) is 6.92 Å². The molecule has 0 saturated carbocycles. The number of carboxylic acid groups (broad SMARTS) is 1. The Hall–Kier alpha value is -2.69. The largest absolute Gasteiger partial charge is 0.478 e. The quantitative estimate of drug-likeness (QED) is 0.673. The normalized spacial score (nSPS) is 11.0. The van der Waals surface area contributed by atoms with Gasteiger partial charge in [0, 0.05) is 6.20 Å². The smallest absolute Gasteiger partial charge is 0.337 e. The Bertz CT molecular complexity index is 881. The molecule has 0 fully saturated rings. The van der Waals surface area contributed by atoms with Gasteiger partial charge in [-0.3, -0.25) is 9.20 Å². The maximum atomic E-state index is 12.3. The van der Waals surface area contributed by atoms with Gasteiger partial charge in [-0.2, -0.15) is 0 Å². The van der Waals surface area contributed by atoms with E-state index in [1.165, 1.54) is 22.7 Å². The molecule has 1 aromatic carbocycles. The van der Waals surface area contributed by atoms with Crippen LogP contribution in [0.4, 0.5) is 0 Å². The summed E-state index contributed by atoms with van der Waals surface area (Å²) in [6.45, 7) is 1.93. The van der Waals surface area contributed by atoms with Gasteiger partial charge < -0.3 is 5.11 Å². The molecule has 0 saturated heterocycles. The Morgan fingerprint density at radius 1 is 1.26 bits per heavy atom. The van der Waals surface area contributed by atoms with Gasteiger partial charge in [0.05, 0.1) is 16.5 Å². The minimum Gasteiger partial charge on any atom is -0.478 e. The number of rotatable bonds is 1. The molecule has 5 heteroatoms. The second-order valence-electron chi connectivity index (χ2n) is 4.39. The first-order valence-corrected chi connectivity index (χ1v) is 5.72. The summed E-state index contributed by atoms with van der Waals surface area (Å²) in [6.07, 6.45) is 1.30. The predicted octanol–water partition coefficient (Wildman–Crippen LogP) is 1.85. The SMILES string of the molecule is Cc1ccc2c(=O)n3cc(C(=O)O)ccc3nc2c1. The molecule has 0 atom stereocenters. The van der Waals surface area contributed by atoms with Gasteiger partial charge in [0.1, 0.15) is 5.65 Å². The van der Waals surface area contributed by atoms with E-state index in [2.05, 4.69) is 4.98 Å². The van der Waals surface area contributed by atoms with Crippen LogP contribution in [0.1, 0.15) is 15.9 Å². The van der Waals surface area contributed by atoms with Gasteiger partial charge in [0.25, 0.3) is 5.56 Å². The van der Waals surface area contributed by atoms with Crippen LogP contribution in [0.15, 0.2) is 41.3 Å². The molecule has 94 valence electrons. The summed E-state index contributed by atoms with van der Waals surface area (Å²) in [5.74, 6) is -1.07. The monoisotopic (exact) mass is 254 g/mol. The fourth-order valence-electron chi connectivity index (χ4n) is 2.04. The van der Waals surface area contributed by atoms with Gasteiger partial charge in [-0.25, -0.2) is 9.78 Å². The number of carboxylic acids is 1. The average molecular weight is 254 g/mol. The van der Waals surface area contributed by atoms with Crippen molar-refractivity contribution in [1.82, 2.24) is 9.38 Å². The molecule has 1 N–H and O–H groups in total. The third kappa shape index (κ3) is 1.76. The van der Waals surface area contributed by atoms with Gasteiger partial charge in [0.15, 0.2) is 0 Å². The summed E-state index contributed by atoms with van der Waals surface area (Å²) in [5, 5.41) is 9.43. The predicted molar refractivity (Wildman–Crippen MR) is 70.7 cm³/mol. The van der Waals surface area contributed by atoms with E-state index in [1.807, 2.05) is 19.1 Å². The fraction of sp³-hybridized carbons (Fsp3) is 0.0714. The zero-order chi connectivity index (χ0) is 13.6. The summed E-state index contributed by atoms with van der Waals surface area (Å²) in [7, 11) is 0. The number of benzene rings is 1. The van der Waals surface area contributed by atoms with Crippen molar-refractivity contribution in [3.63, 3.8) is 0 Å². The van der Waals surface area contributed by atoms with E-state index in [9.17, 15) is 9.59 Å². The zero-order valence-corrected chi connectivity index (χ0v) is 10.1. The highest BCUT2D eigenvalue weighted by atomic mass is 16.4. The van der Waals surface area contributed by atoms with Crippen molar-refractivity contribution in [3.05, 3.63) is 58.0 Å². The van der Waals surface area contributed by atoms with E-state index in [4.69, 9.17) is 5.11 Å². The molecule has 3 rings (SSSR count). The third-order valence-electron chi connectivity index (χ3n) is 3.01. The molecule has 0 radical (unpaired) electrons. The molecule has 5 nitrogen and oxygen atoms in total. The highest BCUT2D eigenvalue weighted by Gasteiger charge is 2.08. The fourth-order valence-corrected chi connectivity index (χ4v) is 2.04. The Kier molecular flexibility index (Phi) is 2.35. The first kappa shape index (κ1) is 11.4. The van der Waals surface area contributed by atoms with Gasteiger partial charge in [0.2, 0.25) is 0 Å². The summed E-state index contributed by atoms with van der Waals surface area (Å²) in [6, 6.07) is 8.35. The Morgan fingerprint density at radius 3 is 2.79 bits per heavy atom. The Balaban J connectivity index is 2.47. The van der Waals surface area contributed by atoms with Crippen LogP contribution in [0.2, 0.25) is 0 Å². The minimum absolute atomic E-state index is 0.0582. The van der Waals surface area contributed by atoms with E-state index in [1.54, 1.807) is 6.07 Å². The molecule has 0 unspecified atom stereocenters. The second kappa shape index (κ2) is 3.91. The number of fused-ring (bicyclic) bond motifs is 2. The number of nitrogens with zero attached hydrogens (tertiary/aromatic N) is 2. The summed E-state index contributed by atoms with van der Waals surface area (Å²) >= 11 is 0. The summed E-state index contributed by atoms with van der Waals surface area (Å²) in [4.78, 5) is 27.6. The number of hydrogen-bond donors (Lipinski definition) is 1. The maximum absolute atomic E-state index is 12.3. The first-order chi connectivity index (χ1) is 9.06. The van der Waals surface area contributed by atoms with Gasteiger partial charge in [-0.1, -0.05) is 6.07 Å². The van der Waals surface area contributed by atoms with E-state index >= 15 is 0 Å². The van der Waals surface area contributed by atoms with Gasteiger partial charge in [-0.05, 0) is 36.8 Å². The topological polar surface area (TPSA) is 71.7 Å². The van der Waals surface area contributed by atoms with Crippen LogP contribution in [-0.2, 0) is 0 Å². The lowest BCUT2D eigenvalue weighted by Gasteiger charge is -2.04.